The molecule has 1 fully saturated rings. The summed E-state index contributed by atoms with van der Waals surface area (Å²) in [6.45, 7) is 2.07. The first-order valence-corrected chi connectivity index (χ1v) is 11.3. The zero-order valence-electron chi connectivity index (χ0n) is 18.4. The molecule has 3 aromatic carbocycles. The topological polar surface area (TPSA) is 86.9 Å². The molecule has 6 heteroatoms. The Labute approximate surface area is 192 Å². The van der Waals surface area contributed by atoms with E-state index in [1.54, 1.807) is 24.3 Å². The normalized spacial score (nSPS) is 18.0. The highest BCUT2D eigenvalue weighted by Crippen LogP contribution is 2.38. The zero-order chi connectivity index (χ0) is 22.8. The summed E-state index contributed by atoms with van der Waals surface area (Å²) in [5, 5.41) is 6.06. The summed E-state index contributed by atoms with van der Waals surface area (Å²) < 4.78 is 0. The highest BCUT2D eigenvalue weighted by molar-refractivity contribution is 5.97. The fourth-order valence-corrected chi connectivity index (χ4v) is 4.07. The maximum absolute atomic E-state index is 13.1. The number of hydrogen-bond acceptors (Lipinski definition) is 3. The number of imidazole rings is 1. The van der Waals surface area contributed by atoms with Gasteiger partial charge in [0.05, 0.1) is 17.1 Å². The van der Waals surface area contributed by atoms with Gasteiger partial charge in [-0.15, -0.1) is 0 Å². The monoisotopic (exact) mass is 438 g/mol. The summed E-state index contributed by atoms with van der Waals surface area (Å²) >= 11 is 0. The molecule has 166 valence electrons. The Morgan fingerprint density at radius 3 is 2.39 bits per heavy atom. The number of amides is 2. The van der Waals surface area contributed by atoms with Crippen LogP contribution in [-0.4, -0.2) is 21.8 Å². The van der Waals surface area contributed by atoms with E-state index in [1.165, 1.54) is 0 Å². The van der Waals surface area contributed by atoms with E-state index >= 15 is 0 Å². The Kier molecular flexibility index (Phi) is 5.65. The van der Waals surface area contributed by atoms with Gasteiger partial charge in [-0.05, 0) is 60.7 Å². The van der Waals surface area contributed by atoms with Crippen molar-refractivity contribution in [2.75, 3.05) is 5.32 Å². The van der Waals surface area contributed by atoms with Crippen molar-refractivity contribution in [3.63, 3.8) is 0 Å². The number of rotatable bonds is 7. The van der Waals surface area contributed by atoms with Crippen molar-refractivity contribution in [1.82, 2.24) is 15.3 Å². The van der Waals surface area contributed by atoms with E-state index in [9.17, 15) is 9.59 Å². The number of nitrogens with zero attached hydrogens (tertiary/aromatic N) is 1. The molecule has 0 saturated heterocycles. The third-order valence-electron chi connectivity index (χ3n) is 6.19. The largest absolute Gasteiger partial charge is 0.342 e. The number of carbonyl (C=O) groups is 2. The summed E-state index contributed by atoms with van der Waals surface area (Å²) in [6, 6.07) is 24.6. The van der Waals surface area contributed by atoms with Gasteiger partial charge in [0.15, 0.2) is 0 Å². The summed E-state index contributed by atoms with van der Waals surface area (Å²) in [5.74, 6) is 1.14. The third-order valence-corrected chi connectivity index (χ3v) is 6.19. The van der Waals surface area contributed by atoms with Gasteiger partial charge in [-0.1, -0.05) is 49.4 Å². The first kappa shape index (κ1) is 20.9. The molecule has 2 unspecified atom stereocenters. The zero-order valence-corrected chi connectivity index (χ0v) is 18.4. The average molecular weight is 439 g/mol. The molecule has 1 aliphatic carbocycles. The van der Waals surface area contributed by atoms with Crippen LogP contribution in [0.3, 0.4) is 0 Å². The predicted molar refractivity (Wildman–Crippen MR) is 129 cm³/mol. The molecule has 0 spiro atoms. The number of nitrogens with one attached hydrogen (secondary N) is 3. The fourth-order valence-electron chi connectivity index (χ4n) is 4.07. The first-order chi connectivity index (χ1) is 16.1. The molecule has 1 saturated carbocycles. The van der Waals surface area contributed by atoms with Crippen molar-refractivity contribution < 1.29 is 9.59 Å². The lowest BCUT2D eigenvalue weighted by Crippen LogP contribution is -2.30. The van der Waals surface area contributed by atoms with E-state index in [4.69, 9.17) is 4.98 Å². The van der Waals surface area contributed by atoms with Crippen molar-refractivity contribution in [1.29, 1.82) is 0 Å². The van der Waals surface area contributed by atoms with Gasteiger partial charge in [-0.2, -0.15) is 0 Å². The number of para-hydroxylation sites is 2. The molecule has 5 rings (SSSR count). The maximum Gasteiger partial charge on any atom is 0.251 e. The van der Waals surface area contributed by atoms with Gasteiger partial charge in [-0.25, -0.2) is 4.98 Å². The number of H-pyrrole nitrogens is 1. The van der Waals surface area contributed by atoms with Crippen LogP contribution in [0.15, 0.2) is 78.9 Å². The summed E-state index contributed by atoms with van der Waals surface area (Å²) in [6.07, 6.45) is 1.55. The number of hydrogen-bond donors (Lipinski definition) is 3. The van der Waals surface area contributed by atoms with Crippen molar-refractivity contribution in [3.8, 4) is 0 Å². The van der Waals surface area contributed by atoms with E-state index in [0.29, 0.717) is 23.6 Å². The lowest BCUT2D eigenvalue weighted by atomic mass is 10.0. The predicted octanol–water partition coefficient (Wildman–Crippen LogP) is 4.87. The van der Waals surface area contributed by atoms with Crippen molar-refractivity contribution >= 4 is 28.5 Å². The van der Waals surface area contributed by atoms with Crippen LogP contribution < -0.4 is 10.6 Å². The van der Waals surface area contributed by atoms with Gasteiger partial charge in [0.25, 0.3) is 5.91 Å². The molecule has 1 aromatic heterocycles. The van der Waals surface area contributed by atoms with Crippen LogP contribution in [0.25, 0.3) is 11.0 Å². The van der Waals surface area contributed by atoms with Gasteiger partial charge < -0.3 is 15.6 Å². The average Bonchev–Trinajstić information content (AvgIpc) is 3.41. The lowest BCUT2D eigenvalue weighted by Gasteiger charge is -2.17. The van der Waals surface area contributed by atoms with Gasteiger partial charge in [0, 0.05) is 17.2 Å². The van der Waals surface area contributed by atoms with E-state index in [2.05, 4.69) is 22.5 Å². The molecule has 3 atom stereocenters. The first-order valence-electron chi connectivity index (χ1n) is 11.3. The molecule has 0 radical (unpaired) electrons. The van der Waals surface area contributed by atoms with Crippen LogP contribution in [0.1, 0.15) is 41.1 Å². The van der Waals surface area contributed by atoms with E-state index in [0.717, 1.165) is 28.8 Å². The molecule has 33 heavy (non-hydrogen) atoms. The third kappa shape index (κ3) is 4.80. The second kappa shape index (κ2) is 8.90. The van der Waals surface area contributed by atoms with E-state index in [1.807, 2.05) is 54.6 Å². The SMILES string of the molecule is CC1CC1C(=O)Nc1ccc(C(=O)N[C@@H](Cc2ccccc2)c2nc3ccccc3[nH]2)cc1. The Morgan fingerprint density at radius 1 is 1.00 bits per heavy atom. The highest BCUT2D eigenvalue weighted by Gasteiger charge is 2.39. The molecule has 1 heterocycles. The summed E-state index contributed by atoms with van der Waals surface area (Å²) in [5.41, 5.74) is 4.14. The van der Waals surface area contributed by atoms with Gasteiger partial charge >= 0.3 is 0 Å². The minimum absolute atomic E-state index is 0.0486. The molecule has 2 amide bonds. The number of aromatic nitrogens is 2. The van der Waals surface area contributed by atoms with Crippen molar-refractivity contribution in [3.05, 3.63) is 95.8 Å². The second-order valence-corrected chi connectivity index (χ2v) is 8.74. The summed E-state index contributed by atoms with van der Waals surface area (Å²) in [7, 11) is 0. The molecule has 0 bridgehead atoms. The standard InChI is InChI=1S/C27H26N4O2/c1-17-15-21(17)27(33)28-20-13-11-19(12-14-20)26(32)31-24(16-18-7-3-2-4-8-18)25-29-22-9-5-6-10-23(22)30-25/h2-14,17,21,24H,15-16H2,1H3,(H,28,33)(H,29,30)(H,31,32)/t17?,21?,24-/m0/s1. The lowest BCUT2D eigenvalue weighted by molar-refractivity contribution is -0.117. The van der Waals surface area contributed by atoms with E-state index < -0.39 is 0 Å². The molecular formula is C27H26N4O2. The van der Waals surface area contributed by atoms with Crippen LogP contribution in [0, 0.1) is 11.8 Å². The van der Waals surface area contributed by atoms with E-state index in [-0.39, 0.29) is 23.8 Å². The number of benzene rings is 3. The van der Waals surface area contributed by atoms with Crippen molar-refractivity contribution in [2.45, 2.75) is 25.8 Å². The molecule has 3 N–H and O–H groups in total. The number of anilines is 1. The van der Waals surface area contributed by atoms with Crippen molar-refractivity contribution in [2.24, 2.45) is 11.8 Å². The Morgan fingerprint density at radius 2 is 1.70 bits per heavy atom. The molecule has 1 aliphatic rings. The quantitative estimate of drug-likeness (QED) is 0.385. The molecule has 0 aliphatic heterocycles. The van der Waals surface area contributed by atoms with Crippen LogP contribution in [0.4, 0.5) is 5.69 Å². The minimum atomic E-state index is -0.317. The Hall–Kier alpha value is -3.93. The molecular weight excluding hydrogens is 412 g/mol. The van der Waals surface area contributed by atoms with Crippen LogP contribution >= 0.6 is 0 Å². The fraction of sp³-hybridized carbons (Fsp3) is 0.222. The number of aromatic amines is 1. The van der Waals surface area contributed by atoms with Gasteiger partial charge in [0.1, 0.15) is 5.82 Å². The van der Waals surface area contributed by atoms with Gasteiger partial charge in [-0.3, -0.25) is 9.59 Å². The van der Waals surface area contributed by atoms with Gasteiger partial charge in [0.2, 0.25) is 5.91 Å². The summed E-state index contributed by atoms with van der Waals surface area (Å²) in [4.78, 5) is 33.3. The maximum atomic E-state index is 13.1. The number of carbonyl (C=O) groups excluding carboxylic acids is 2. The van der Waals surface area contributed by atoms with Crippen LogP contribution in [0.2, 0.25) is 0 Å². The van der Waals surface area contributed by atoms with Crippen LogP contribution in [0.5, 0.6) is 0 Å². The van der Waals surface area contributed by atoms with Crippen LogP contribution in [-0.2, 0) is 11.2 Å². The molecule has 6 nitrogen and oxygen atoms in total. The highest BCUT2D eigenvalue weighted by atomic mass is 16.2. The minimum Gasteiger partial charge on any atom is -0.342 e. The smallest absolute Gasteiger partial charge is 0.251 e. The Bertz CT molecular complexity index is 1250. The Balaban J connectivity index is 1.33. The molecule has 4 aromatic rings. The number of fused-ring (bicyclic) bond motifs is 1. The second-order valence-electron chi connectivity index (χ2n) is 8.74.